The number of hydrogen-bond donors (Lipinski definition) is 3. The summed E-state index contributed by atoms with van der Waals surface area (Å²) < 4.78 is 0. The van der Waals surface area contributed by atoms with Crippen LogP contribution in [0, 0.1) is 0 Å². The molecule has 3 aromatic rings. The lowest BCUT2D eigenvalue weighted by Gasteiger charge is -2.29. The number of fused-ring (bicyclic) bond motifs is 1. The molecule has 2 heterocycles. The molecule has 6 nitrogen and oxygen atoms in total. The average molecular weight is 532 g/mol. The van der Waals surface area contributed by atoms with Gasteiger partial charge in [-0.05, 0) is 50.0 Å². The summed E-state index contributed by atoms with van der Waals surface area (Å²) in [6.07, 6.45) is 4.49. The van der Waals surface area contributed by atoms with Crippen LogP contribution in [0.4, 0.5) is 0 Å². The predicted octanol–water partition coefficient (Wildman–Crippen LogP) is 4.12. The predicted molar refractivity (Wildman–Crippen MR) is 139 cm³/mol. The lowest BCUT2D eigenvalue weighted by molar-refractivity contribution is 0.245. The number of imidazole rings is 1. The van der Waals surface area contributed by atoms with Crippen molar-refractivity contribution < 1.29 is 0 Å². The van der Waals surface area contributed by atoms with Crippen molar-refractivity contribution in [2.75, 3.05) is 33.2 Å². The molecule has 3 N–H and O–H groups in total. The highest BCUT2D eigenvalue weighted by Crippen LogP contribution is 2.24. The largest absolute Gasteiger partial charge is 0.356 e. The van der Waals surface area contributed by atoms with Crippen LogP contribution in [0.15, 0.2) is 59.6 Å². The van der Waals surface area contributed by atoms with Crippen molar-refractivity contribution in [3.8, 4) is 0 Å². The van der Waals surface area contributed by atoms with Gasteiger partial charge in [0.15, 0.2) is 5.96 Å². The van der Waals surface area contributed by atoms with E-state index in [0.29, 0.717) is 6.04 Å². The molecular formula is C24H33IN6. The molecule has 0 amide bonds. The Hall–Kier alpha value is -2.13. The molecule has 31 heavy (non-hydrogen) atoms. The van der Waals surface area contributed by atoms with E-state index in [0.717, 1.165) is 48.7 Å². The number of aryl methyl sites for hydroxylation is 1. The lowest BCUT2D eigenvalue weighted by atomic mass is 10.1. The number of halogens is 1. The summed E-state index contributed by atoms with van der Waals surface area (Å²) in [5, 5.41) is 6.99. The van der Waals surface area contributed by atoms with Crippen LogP contribution in [0.3, 0.4) is 0 Å². The summed E-state index contributed by atoms with van der Waals surface area (Å²) in [6.45, 7) is 4.05. The van der Waals surface area contributed by atoms with Gasteiger partial charge in [-0.1, -0.05) is 42.5 Å². The summed E-state index contributed by atoms with van der Waals surface area (Å²) in [4.78, 5) is 15.0. The second-order valence-corrected chi connectivity index (χ2v) is 7.85. The molecule has 0 bridgehead atoms. The summed E-state index contributed by atoms with van der Waals surface area (Å²) >= 11 is 0. The van der Waals surface area contributed by atoms with E-state index in [1.54, 1.807) is 0 Å². The van der Waals surface area contributed by atoms with Crippen molar-refractivity contribution in [3.63, 3.8) is 0 Å². The van der Waals surface area contributed by atoms with Crippen molar-refractivity contribution in [1.29, 1.82) is 0 Å². The number of guanidine groups is 1. The number of benzene rings is 2. The molecular weight excluding hydrogens is 499 g/mol. The number of aromatic amines is 1. The molecule has 0 saturated carbocycles. The maximum atomic E-state index is 4.65. The average Bonchev–Trinajstić information content (AvgIpc) is 3.46. The minimum Gasteiger partial charge on any atom is -0.356 e. The highest BCUT2D eigenvalue weighted by atomic mass is 127. The molecule has 0 spiro atoms. The number of nitrogens with one attached hydrogen (secondary N) is 3. The van der Waals surface area contributed by atoms with E-state index in [1.807, 2.05) is 25.2 Å². The molecule has 0 aliphatic carbocycles. The van der Waals surface area contributed by atoms with Crippen molar-refractivity contribution in [2.24, 2.45) is 4.99 Å². The first-order valence-electron chi connectivity index (χ1n) is 11.0. The molecule has 1 saturated heterocycles. The molecule has 1 fully saturated rings. The minimum atomic E-state index is 0. The van der Waals surface area contributed by atoms with Gasteiger partial charge < -0.3 is 15.6 Å². The number of nitrogens with zero attached hydrogens (tertiary/aromatic N) is 3. The summed E-state index contributed by atoms with van der Waals surface area (Å²) in [5.74, 6) is 1.90. The monoisotopic (exact) mass is 532 g/mol. The second-order valence-electron chi connectivity index (χ2n) is 7.85. The fourth-order valence-corrected chi connectivity index (χ4v) is 4.19. The molecule has 4 rings (SSSR count). The van der Waals surface area contributed by atoms with Gasteiger partial charge in [0.05, 0.1) is 17.1 Å². The number of rotatable bonds is 8. The Morgan fingerprint density at radius 3 is 2.55 bits per heavy atom. The van der Waals surface area contributed by atoms with E-state index < -0.39 is 0 Å². The Labute approximate surface area is 202 Å². The first-order chi connectivity index (χ1) is 14.8. The minimum absolute atomic E-state index is 0. The Morgan fingerprint density at radius 2 is 1.81 bits per heavy atom. The van der Waals surface area contributed by atoms with E-state index in [4.69, 9.17) is 0 Å². The van der Waals surface area contributed by atoms with Crippen LogP contribution in [-0.2, 0) is 6.42 Å². The van der Waals surface area contributed by atoms with Gasteiger partial charge in [-0.3, -0.25) is 9.89 Å². The molecule has 1 aromatic heterocycles. The van der Waals surface area contributed by atoms with Gasteiger partial charge in [0.1, 0.15) is 5.82 Å². The van der Waals surface area contributed by atoms with Gasteiger partial charge in [-0.2, -0.15) is 0 Å². The third-order valence-electron chi connectivity index (χ3n) is 5.77. The van der Waals surface area contributed by atoms with Crippen molar-refractivity contribution in [3.05, 3.63) is 66.0 Å². The Bertz CT molecular complexity index is 916. The molecule has 1 atom stereocenters. The standard InChI is InChI=1S/C24H32N6.HI/c1-25-24(26-15-9-14-23-28-20-12-5-6-13-21(20)29-23)27-18-22(30-16-7-8-17-30)19-10-3-2-4-11-19;/h2-6,10-13,22H,7-9,14-18H2,1H3,(H,28,29)(H2,25,26,27);1H. The summed E-state index contributed by atoms with van der Waals surface area (Å²) in [6, 6.07) is 19.3. The Balaban J connectivity index is 0.00000272. The van der Waals surface area contributed by atoms with E-state index in [1.165, 1.54) is 31.5 Å². The van der Waals surface area contributed by atoms with Gasteiger partial charge in [0, 0.05) is 26.6 Å². The van der Waals surface area contributed by atoms with Crippen molar-refractivity contribution in [2.45, 2.75) is 31.7 Å². The molecule has 2 aromatic carbocycles. The summed E-state index contributed by atoms with van der Waals surface area (Å²) in [7, 11) is 1.84. The third-order valence-corrected chi connectivity index (χ3v) is 5.77. The Morgan fingerprint density at radius 1 is 1.06 bits per heavy atom. The number of aliphatic imine (C=N–C) groups is 1. The van der Waals surface area contributed by atoms with Gasteiger partial charge in [0.25, 0.3) is 0 Å². The number of hydrogen-bond acceptors (Lipinski definition) is 3. The zero-order chi connectivity index (χ0) is 20.6. The fraction of sp³-hybridized carbons (Fsp3) is 0.417. The van der Waals surface area contributed by atoms with Crippen molar-refractivity contribution >= 4 is 41.0 Å². The van der Waals surface area contributed by atoms with E-state index in [2.05, 4.69) is 66.9 Å². The number of H-pyrrole nitrogens is 1. The zero-order valence-corrected chi connectivity index (χ0v) is 20.5. The Kier molecular flexibility index (Phi) is 9.14. The van der Waals surface area contributed by atoms with Crippen LogP contribution in [0.5, 0.6) is 0 Å². The molecule has 0 radical (unpaired) electrons. The highest BCUT2D eigenvalue weighted by Gasteiger charge is 2.23. The first kappa shape index (κ1) is 23.5. The van der Waals surface area contributed by atoms with Crippen LogP contribution in [-0.4, -0.2) is 54.1 Å². The highest BCUT2D eigenvalue weighted by molar-refractivity contribution is 14.0. The number of likely N-dealkylation sites (tertiary alicyclic amines) is 1. The van der Waals surface area contributed by atoms with Crippen LogP contribution >= 0.6 is 24.0 Å². The number of aromatic nitrogens is 2. The molecule has 1 aliphatic heterocycles. The van der Waals surface area contributed by atoms with Gasteiger partial charge in [-0.25, -0.2) is 4.98 Å². The molecule has 1 aliphatic rings. The molecule has 166 valence electrons. The quantitative estimate of drug-likeness (QED) is 0.177. The van der Waals surface area contributed by atoms with E-state index in [-0.39, 0.29) is 24.0 Å². The topological polar surface area (TPSA) is 68.3 Å². The lowest BCUT2D eigenvalue weighted by Crippen LogP contribution is -2.43. The van der Waals surface area contributed by atoms with Crippen molar-refractivity contribution in [1.82, 2.24) is 25.5 Å². The van der Waals surface area contributed by atoms with Crippen LogP contribution in [0.2, 0.25) is 0 Å². The van der Waals surface area contributed by atoms with Gasteiger partial charge in [-0.15, -0.1) is 24.0 Å². The first-order valence-corrected chi connectivity index (χ1v) is 11.0. The molecule has 1 unspecified atom stereocenters. The smallest absolute Gasteiger partial charge is 0.191 e. The maximum Gasteiger partial charge on any atom is 0.191 e. The second kappa shape index (κ2) is 12.0. The normalized spacial score (nSPS) is 15.6. The number of para-hydroxylation sites is 2. The van der Waals surface area contributed by atoms with E-state index in [9.17, 15) is 0 Å². The van der Waals surface area contributed by atoms with Gasteiger partial charge in [0.2, 0.25) is 0 Å². The third kappa shape index (κ3) is 6.43. The zero-order valence-electron chi connectivity index (χ0n) is 18.2. The van der Waals surface area contributed by atoms with E-state index >= 15 is 0 Å². The summed E-state index contributed by atoms with van der Waals surface area (Å²) in [5.41, 5.74) is 3.51. The van der Waals surface area contributed by atoms with Crippen LogP contribution in [0.1, 0.15) is 36.7 Å². The van der Waals surface area contributed by atoms with Crippen LogP contribution < -0.4 is 10.6 Å². The SMILES string of the molecule is CN=C(NCCCc1nc2ccccc2[nH]1)NCC(c1ccccc1)N1CCCC1.I. The fourth-order valence-electron chi connectivity index (χ4n) is 4.19. The maximum absolute atomic E-state index is 4.65. The van der Waals surface area contributed by atoms with Gasteiger partial charge >= 0.3 is 0 Å². The molecule has 7 heteroatoms. The van der Waals surface area contributed by atoms with Crippen LogP contribution in [0.25, 0.3) is 11.0 Å².